The molecule has 0 amide bonds. The summed E-state index contributed by atoms with van der Waals surface area (Å²) in [5, 5.41) is 0. The number of carbonyl (C=O) groups is 5. The minimum absolute atomic E-state index is 0.388. The first kappa shape index (κ1) is 29.2. The molecule has 0 aliphatic carbocycles. The summed E-state index contributed by atoms with van der Waals surface area (Å²) in [6.07, 6.45) is -7.59. The minimum Gasteiger partial charge on any atom is -0.463 e. The first-order valence-electron chi connectivity index (χ1n) is 11.0. The number of halogens is 1. The molecule has 12 heteroatoms. The van der Waals surface area contributed by atoms with Gasteiger partial charge in [-0.15, -0.1) is 0 Å². The monoisotopic (exact) mass is 572 g/mol. The number of hydrogen-bond donors (Lipinski definition) is 0. The summed E-state index contributed by atoms with van der Waals surface area (Å²) in [6.45, 7) is 7.17. The Morgan fingerprint density at radius 3 is 1.89 bits per heavy atom. The Labute approximate surface area is 216 Å². The zero-order chi connectivity index (χ0) is 27.2. The molecule has 1 saturated heterocycles. The number of ether oxygens (including phenoxy) is 6. The predicted octanol–water partition coefficient (Wildman–Crippen LogP) is 2.49. The van der Waals surface area contributed by atoms with Crippen molar-refractivity contribution in [1.82, 2.24) is 0 Å². The van der Waals surface area contributed by atoms with E-state index in [1.54, 1.807) is 25.1 Å². The van der Waals surface area contributed by atoms with Crippen molar-refractivity contribution >= 4 is 45.8 Å². The second-order valence-electron chi connectivity index (χ2n) is 8.19. The molecule has 1 aromatic rings. The third-order valence-electron chi connectivity index (χ3n) is 5.16. The van der Waals surface area contributed by atoms with Crippen molar-refractivity contribution in [3.05, 3.63) is 33.8 Å². The van der Waals surface area contributed by atoms with Gasteiger partial charge in [-0.1, -0.05) is 22.0 Å². The summed E-state index contributed by atoms with van der Waals surface area (Å²) in [4.78, 5) is 59.7. The molecule has 0 bridgehead atoms. The van der Waals surface area contributed by atoms with Crippen LogP contribution in [0.25, 0.3) is 0 Å². The van der Waals surface area contributed by atoms with Crippen molar-refractivity contribution in [3.63, 3.8) is 0 Å². The lowest BCUT2D eigenvalue weighted by Gasteiger charge is -2.46. The predicted molar refractivity (Wildman–Crippen MR) is 125 cm³/mol. The quantitative estimate of drug-likeness (QED) is 0.335. The van der Waals surface area contributed by atoms with Gasteiger partial charge in [-0.25, -0.2) is 0 Å². The number of hydrogen-bond acceptors (Lipinski definition) is 11. The standard InChI is InChI=1S/C24H29BrO11/c1-11-9-17(25)7-8-18(11)20(32-13(3)27)22-24(35-16(6)30)23(34-15(5)29)21(33-14(4)28)19(36-22)10-31-12(2)26/h7-9,19-24H,10H2,1-6H3/t19?,20-,21-,22-,23+,24?/m1/s1. The first-order valence-corrected chi connectivity index (χ1v) is 11.8. The van der Waals surface area contributed by atoms with Gasteiger partial charge >= 0.3 is 29.8 Å². The molecule has 1 aliphatic rings. The van der Waals surface area contributed by atoms with Crippen molar-refractivity contribution in [2.45, 2.75) is 78.2 Å². The highest BCUT2D eigenvalue weighted by molar-refractivity contribution is 9.10. The van der Waals surface area contributed by atoms with Crippen molar-refractivity contribution < 1.29 is 52.4 Å². The van der Waals surface area contributed by atoms with Crippen LogP contribution in [-0.2, 0) is 52.4 Å². The Morgan fingerprint density at radius 1 is 0.833 bits per heavy atom. The van der Waals surface area contributed by atoms with Crippen molar-refractivity contribution in [2.24, 2.45) is 0 Å². The number of rotatable bonds is 8. The van der Waals surface area contributed by atoms with Crippen LogP contribution in [0.4, 0.5) is 0 Å². The Balaban J connectivity index is 2.69. The van der Waals surface area contributed by atoms with E-state index >= 15 is 0 Å². The van der Waals surface area contributed by atoms with Gasteiger partial charge in [0.2, 0.25) is 0 Å². The molecule has 1 aromatic carbocycles. The lowest BCUT2D eigenvalue weighted by Crippen LogP contribution is -2.63. The van der Waals surface area contributed by atoms with E-state index in [4.69, 9.17) is 28.4 Å². The van der Waals surface area contributed by atoms with E-state index in [0.29, 0.717) is 11.1 Å². The topological polar surface area (TPSA) is 141 Å². The number of esters is 5. The van der Waals surface area contributed by atoms with Crippen molar-refractivity contribution in [1.29, 1.82) is 0 Å². The van der Waals surface area contributed by atoms with Crippen LogP contribution in [0, 0.1) is 6.92 Å². The summed E-state index contributed by atoms with van der Waals surface area (Å²) in [7, 11) is 0. The zero-order valence-corrected chi connectivity index (χ0v) is 22.4. The molecule has 198 valence electrons. The zero-order valence-electron chi connectivity index (χ0n) is 20.8. The van der Waals surface area contributed by atoms with Crippen LogP contribution >= 0.6 is 15.9 Å². The molecule has 0 aromatic heterocycles. The van der Waals surface area contributed by atoms with Crippen LogP contribution in [0.3, 0.4) is 0 Å². The van der Waals surface area contributed by atoms with Gasteiger partial charge in [0.15, 0.2) is 24.4 Å². The smallest absolute Gasteiger partial charge is 0.303 e. The first-order chi connectivity index (χ1) is 16.8. The fraction of sp³-hybridized carbons (Fsp3) is 0.542. The van der Waals surface area contributed by atoms with Crippen LogP contribution in [0.1, 0.15) is 51.8 Å². The molecule has 11 nitrogen and oxygen atoms in total. The fourth-order valence-corrected chi connectivity index (χ4v) is 4.43. The summed E-state index contributed by atoms with van der Waals surface area (Å²) >= 11 is 3.39. The van der Waals surface area contributed by atoms with Crippen molar-refractivity contribution in [2.75, 3.05) is 6.61 Å². The van der Waals surface area contributed by atoms with Gasteiger partial charge in [0, 0.05) is 39.1 Å². The molecule has 1 fully saturated rings. The molecule has 0 spiro atoms. The molecule has 0 saturated carbocycles. The largest absolute Gasteiger partial charge is 0.463 e. The molecule has 2 unspecified atom stereocenters. The lowest BCUT2D eigenvalue weighted by atomic mass is 9.87. The normalized spacial score (nSPS) is 24.1. The average molecular weight is 573 g/mol. The molecule has 36 heavy (non-hydrogen) atoms. The lowest BCUT2D eigenvalue weighted by molar-refractivity contribution is -0.268. The Hall–Kier alpha value is -2.99. The minimum atomic E-state index is -1.37. The van der Waals surface area contributed by atoms with Crippen LogP contribution in [0.5, 0.6) is 0 Å². The van der Waals surface area contributed by atoms with Gasteiger partial charge in [-0.05, 0) is 30.2 Å². The molecule has 2 rings (SSSR count). The molecular weight excluding hydrogens is 544 g/mol. The summed E-state index contributed by atoms with van der Waals surface area (Å²) in [5.41, 5.74) is 1.23. The molecule has 0 N–H and O–H groups in total. The summed E-state index contributed by atoms with van der Waals surface area (Å²) in [5.74, 6) is -3.54. The van der Waals surface area contributed by atoms with Gasteiger partial charge in [-0.3, -0.25) is 24.0 Å². The van der Waals surface area contributed by atoms with Crippen LogP contribution in [-0.4, -0.2) is 67.0 Å². The van der Waals surface area contributed by atoms with Gasteiger partial charge in [0.05, 0.1) is 0 Å². The van der Waals surface area contributed by atoms with E-state index < -0.39 is 66.5 Å². The maximum Gasteiger partial charge on any atom is 0.303 e. The van der Waals surface area contributed by atoms with E-state index in [-0.39, 0.29) is 6.61 Å². The fourth-order valence-electron chi connectivity index (χ4n) is 3.95. The van der Waals surface area contributed by atoms with Crippen LogP contribution in [0.15, 0.2) is 22.7 Å². The van der Waals surface area contributed by atoms with E-state index in [2.05, 4.69) is 15.9 Å². The molecular formula is C24H29BrO11. The number of carbonyl (C=O) groups excluding carboxylic acids is 5. The maximum atomic E-state index is 12.1. The summed E-state index contributed by atoms with van der Waals surface area (Å²) < 4.78 is 34.0. The Morgan fingerprint density at radius 2 is 1.39 bits per heavy atom. The highest BCUT2D eigenvalue weighted by Gasteiger charge is 2.55. The SMILES string of the molecule is CC(=O)OCC1O[C@H]([C@H](OC(C)=O)c2ccc(Br)cc2C)C(OC(C)=O)[C@@H](OC(C)=O)[C@@H]1OC(C)=O. The van der Waals surface area contributed by atoms with Crippen LogP contribution in [0.2, 0.25) is 0 Å². The summed E-state index contributed by atoms with van der Waals surface area (Å²) in [6, 6.07) is 5.21. The number of benzene rings is 1. The average Bonchev–Trinajstić information content (AvgIpc) is 2.73. The van der Waals surface area contributed by atoms with Gasteiger partial charge in [0.25, 0.3) is 0 Å². The second kappa shape index (κ2) is 12.8. The second-order valence-corrected chi connectivity index (χ2v) is 9.11. The molecule has 6 atom stereocenters. The highest BCUT2D eigenvalue weighted by Crippen LogP contribution is 2.38. The van der Waals surface area contributed by atoms with E-state index in [1.165, 1.54) is 13.8 Å². The van der Waals surface area contributed by atoms with Crippen LogP contribution < -0.4 is 0 Å². The van der Waals surface area contributed by atoms with Gasteiger partial charge in [0.1, 0.15) is 18.8 Å². The van der Waals surface area contributed by atoms with E-state index in [1.807, 2.05) is 0 Å². The molecule has 1 heterocycles. The van der Waals surface area contributed by atoms with E-state index in [0.717, 1.165) is 25.2 Å². The van der Waals surface area contributed by atoms with Gasteiger partial charge < -0.3 is 28.4 Å². The highest BCUT2D eigenvalue weighted by atomic mass is 79.9. The Bertz CT molecular complexity index is 1010. The van der Waals surface area contributed by atoms with E-state index in [9.17, 15) is 24.0 Å². The number of aryl methyl sites for hydroxylation is 1. The van der Waals surface area contributed by atoms with Gasteiger partial charge in [-0.2, -0.15) is 0 Å². The molecule has 0 radical (unpaired) electrons. The molecule has 1 aliphatic heterocycles. The third-order valence-corrected chi connectivity index (χ3v) is 5.65. The Kier molecular flexibility index (Phi) is 10.4. The third kappa shape index (κ3) is 8.02. The van der Waals surface area contributed by atoms with Crippen molar-refractivity contribution in [3.8, 4) is 0 Å². The maximum absolute atomic E-state index is 12.1.